The second kappa shape index (κ2) is 5.59. The highest BCUT2D eigenvalue weighted by Crippen LogP contribution is 2.23. The lowest BCUT2D eigenvalue weighted by Gasteiger charge is -2.09. The van der Waals surface area contributed by atoms with E-state index in [0.29, 0.717) is 26.6 Å². The first kappa shape index (κ1) is 13.8. The van der Waals surface area contributed by atoms with Crippen molar-refractivity contribution in [1.82, 2.24) is 4.98 Å². The zero-order chi connectivity index (χ0) is 14.0. The molecule has 1 aromatic heterocycles. The van der Waals surface area contributed by atoms with Crippen LogP contribution in [0.5, 0.6) is 0 Å². The fourth-order valence-electron chi connectivity index (χ4n) is 1.58. The molecule has 0 atom stereocenters. The Morgan fingerprint density at radius 1 is 1.42 bits per heavy atom. The summed E-state index contributed by atoms with van der Waals surface area (Å²) in [5, 5.41) is 3.30. The second-order valence-corrected chi connectivity index (χ2v) is 5.30. The molecular formula is C13H11BrClN3O. The van der Waals surface area contributed by atoms with Gasteiger partial charge >= 0.3 is 0 Å². The lowest BCUT2D eigenvalue weighted by atomic mass is 10.2. The van der Waals surface area contributed by atoms with Gasteiger partial charge in [-0.15, -0.1) is 0 Å². The standard InChI is InChI=1S/C13H11BrClN3O/c1-7-4-9(16)6-17-12(7)18-13(19)10-3-2-8(15)5-11(10)14/h2-6H,16H2,1H3,(H,17,18,19). The molecule has 0 radical (unpaired) electrons. The molecule has 0 spiro atoms. The van der Waals surface area contributed by atoms with E-state index in [1.807, 2.05) is 6.92 Å². The lowest BCUT2D eigenvalue weighted by molar-refractivity contribution is 0.102. The molecular weight excluding hydrogens is 330 g/mol. The van der Waals surface area contributed by atoms with Crippen LogP contribution in [0.4, 0.5) is 11.5 Å². The predicted octanol–water partition coefficient (Wildman–Crippen LogP) is 3.64. The minimum absolute atomic E-state index is 0.260. The zero-order valence-electron chi connectivity index (χ0n) is 10.1. The van der Waals surface area contributed by atoms with Crippen LogP contribution in [-0.4, -0.2) is 10.9 Å². The van der Waals surface area contributed by atoms with Gasteiger partial charge in [-0.3, -0.25) is 4.79 Å². The van der Waals surface area contributed by atoms with E-state index in [-0.39, 0.29) is 5.91 Å². The number of anilines is 2. The molecule has 0 aliphatic carbocycles. The number of aromatic nitrogens is 1. The Labute approximate surface area is 124 Å². The maximum Gasteiger partial charge on any atom is 0.257 e. The molecule has 2 rings (SSSR count). The molecule has 4 nitrogen and oxygen atoms in total. The maximum atomic E-state index is 12.1. The highest BCUT2D eigenvalue weighted by atomic mass is 79.9. The quantitative estimate of drug-likeness (QED) is 0.877. The smallest absolute Gasteiger partial charge is 0.257 e. The van der Waals surface area contributed by atoms with E-state index in [9.17, 15) is 4.79 Å². The van der Waals surface area contributed by atoms with Crippen LogP contribution in [0, 0.1) is 6.92 Å². The minimum atomic E-state index is -0.260. The van der Waals surface area contributed by atoms with Crippen molar-refractivity contribution in [3.05, 3.63) is 51.1 Å². The van der Waals surface area contributed by atoms with E-state index in [2.05, 4.69) is 26.2 Å². The van der Waals surface area contributed by atoms with Crippen LogP contribution >= 0.6 is 27.5 Å². The molecule has 0 saturated carbocycles. The maximum absolute atomic E-state index is 12.1. The number of carbonyl (C=O) groups is 1. The number of nitrogens with zero attached hydrogens (tertiary/aromatic N) is 1. The number of pyridine rings is 1. The summed E-state index contributed by atoms with van der Waals surface area (Å²) >= 11 is 9.14. The largest absolute Gasteiger partial charge is 0.397 e. The molecule has 2 aromatic rings. The van der Waals surface area contributed by atoms with Crippen molar-refractivity contribution >= 4 is 44.9 Å². The van der Waals surface area contributed by atoms with Crippen LogP contribution in [0.1, 0.15) is 15.9 Å². The van der Waals surface area contributed by atoms with Crippen LogP contribution in [-0.2, 0) is 0 Å². The zero-order valence-corrected chi connectivity index (χ0v) is 12.4. The number of carbonyl (C=O) groups excluding carboxylic acids is 1. The normalized spacial score (nSPS) is 10.3. The molecule has 1 heterocycles. The molecule has 6 heteroatoms. The molecule has 98 valence electrons. The molecule has 0 aliphatic heterocycles. The summed E-state index contributed by atoms with van der Waals surface area (Å²) in [7, 11) is 0. The van der Waals surface area contributed by atoms with Crippen LogP contribution in [0.25, 0.3) is 0 Å². The number of hydrogen-bond acceptors (Lipinski definition) is 3. The van der Waals surface area contributed by atoms with Crippen molar-refractivity contribution in [2.75, 3.05) is 11.1 Å². The number of halogens is 2. The molecule has 19 heavy (non-hydrogen) atoms. The third kappa shape index (κ3) is 3.24. The Kier molecular flexibility index (Phi) is 4.07. The van der Waals surface area contributed by atoms with Crippen LogP contribution in [0.2, 0.25) is 5.02 Å². The lowest BCUT2D eigenvalue weighted by Crippen LogP contribution is -2.14. The third-order valence-electron chi connectivity index (χ3n) is 2.51. The van der Waals surface area contributed by atoms with Crippen molar-refractivity contribution in [2.24, 2.45) is 0 Å². The van der Waals surface area contributed by atoms with E-state index < -0.39 is 0 Å². The van der Waals surface area contributed by atoms with E-state index in [1.54, 1.807) is 24.3 Å². The van der Waals surface area contributed by atoms with Gasteiger partial charge in [0, 0.05) is 9.50 Å². The second-order valence-electron chi connectivity index (χ2n) is 4.01. The topological polar surface area (TPSA) is 68.0 Å². The summed E-state index contributed by atoms with van der Waals surface area (Å²) in [5.41, 5.74) is 7.46. The number of amides is 1. The average Bonchev–Trinajstić information content (AvgIpc) is 2.32. The Hall–Kier alpha value is -1.59. The van der Waals surface area contributed by atoms with E-state index in [4.69, 9.17) is 17.3 Å². The van der Waals surface area contributed by atoms with Gasteiger partial charge in [0.2, 0.25) is 0 Å². The predicted molar refractivity (Wildman–Crippen MR) is 80.5 cm³/mol. The van der Waals surface area contributed by atoms with Crippen molar-refractivity contribution in [2.45, 2.75) is 6.92 Å². The molecule has 1 aromatic carbocycles. The number of nitrogens with one attached hydrogen (secondary N) is 1. The van der Waals surface area contributed by atoms with E-state index in [1.165, 1.54) is 6.20 Å². The van der Waals surface area contributed by atoms with Gasteiger partial charge in [0.1, 0.15) is 5.82 Å². The molecule has 0 unspecified atom stereocenters. The van der Waals surface area contributed by atoms with Crippen molar-refractivity contribution in [1.29, 1.82) is 0 Å². The summed E-state index contributed by atoms with van der Waals surface area (Å²) in [6, 6.07) is 6.72. The highest BCUT2D eigenvalue weighted by Gasteiger charge is 2.12. The fraction of sp³-hybridized carbons (Fsp3) is 0.0769. The van der Waals surface area contributed by atoms with Crippen molar-refractivity contribution < 1.29 is 4.79 Å². The van der Waals surface area contributed by atoms with Gasteiger partial charge in [-0.2, -0.15) is 0 Å². The van der Waals surface area contributed by atoms with Gasteiger partial charge < -0.3 is 11.1 Å². The van der Waals surface area contributed by atoms with Gasteiger partial charge in [0.25, 0.3) is 5.91 Å². The first-order valence-corrected chi connectivity index (χ1v) is 6.63. The summed E-state index contributed by atoms with van der Waals surface area (Å²) in [5.74, 6) is 0.227. The number of benzene rings is 1. The minimum Gasteiger partial charge on any atom is -0.397 e. The summed E-state index contributed by atoms with van der Waals surface area (Å²) in [6.45, 7) is 1.83. The third-order valence-corrected chi connectivity index (χ3v) is 3.40. The van der Waals surface area contributed by atoms with Crippen LogP contribution < -0.4 is 11.1 Å². The van der Waals surface area contributed by atoms with Gasteiger partial charge in [-0.05, 0) is 52.7 Å². The van der Waals surface area contributed by atoms with E-state index in [0.717, 1.165) is 5.56 Å². The Balaban J connectivity index is 2.25. The molecule has 0 aliphatic rings. The highest BCUT2D eigenvalue weighted by molar-refractivity contribution is 9.10. The molecule has 3 N–H and O–H groups in total. The number of hydrogen-bond donors (Lipinski definition) is 2. The monoisotopic (exact) mass is 339 g/mol. The van der Waals surface area contributed by atoms with Crippen molar-refractivity contribution in [3.8, 4) is 0 Å². The summed E-state index contributed by atoms with van der Waals surface area (Å²) < 4.78 is 0.630. The molecule has 0 bridgehead atoms. The molecule has 1 amide bonds. The first-order chi connectivity index (χ1) is 8.97. The number of nitrogens with two attached hydrogens (primary N) is 1. The van der Waals surface area contributed by atoms with Gasteiger partial charge in [-0.25, -0.2) is 4.98 Å². The van der Waals surface area contributed by atoms with Gasteiger partial charge in [0.05, 0.1) is 17.4 Å². The van der Waals surface area contributed by atoms with Gasteiger partial charge in [-0.1, -0.05) is 11.6 Å². The van der Waals surface area contributed by atoms with Crippen molar-refractivity contribution in [3.63, 3.8) is 0 Å². The first-order valence-electron chi connectivity index (χ1n) is 5.46. The van der Waals surface area contributed by atoms with Gasteiger partial charge in [0.15, 0.2) is 0 Å². The SMILES string of the molecule is Cc1cc(N)cnc1NC(=O)c1ccc(Cl)cc1Br. The molecule has 0 fully saturated rings. The number of rotatable bonds is 2. The number of nitrogen functional groups attached to an aromatic ring is 1. The Bertz CT molecular complexity index is 646. The fourth-order valence-corrected chi connectivity index (χ4v) is 2.44. The molecule has 0 saturated heterocycles. The summed E-state index contributed by atoms with van der Waals surface area (Å²) in [6.07, 6.45) is 1.50. The summed E-state index contributed by atoms with van der Waals surface area (Å²) in [4.78, 5) is 16.2. The number of aryl methyl sites for hydroxylation is 1. The average molecular weight is 341 g/mol. The van der Waals surface area contributed by atoms with Crippen LogP contribution in [0.3, 0.4) is 0 Å². The van der Waals surface area contributed by atoms with Crippen LogP contribution in [0.15, 0.2) is 34.9 Å². The Morgan fingerprint density at radius 3 is 2.79 bits per heavy atom. The Morgan fingerprint density at radius 2 is 2.16 bits per heavy atom. The van der Waals surface area contributed by atoms with E-state index >= 15 is 0 Å².